The summed E-state index contributed by atoms with van der Waals surface area (Å²) < 4.78 is 0. The van der Waals surface area contributed by atoms with Crippen LogP contribution in [0.1, 0.15) is 38.5 Å². The van der Waals surface area contributed by atoms with Crippen molar-refractivity contribution in [1.82, 2.24) is 20.5 Å². The predicted molar refractivity (Wildman–Crippen MR) is 98.6 cm³/mol. The van der Waals surface area contributed by atoms with Gasteiger partial charge in [0.15, 0.2) is 5.13 Å². The lowest BCUT2D eigenvalue weighted by atomic mass is 9.92. The molecule has 0 radical (unpaired) electrons. The van der Waals surface area contributed by atoms with Crippen LogP contribution in [0, 0.1) is 11.8 Å². The second kappa shape index (κ2) is 9.25. The van der Waals surface area contributed by atoms with Crippen molar-refractivity contribution in [1.29, 1.82) is 0 Å². The Labute approximate surface area is 161 Å². The largest absolute Gasteiger partial charge is 0.300 e. The fraction of sp³-hybridized carbons (Fsp3) is 0.647. The number of amides is 3. The van der Waals surface area contributed by atoms with E-state index >= 15 is 0 Å². The summed E-state index contributed by atoms with van der Waals surface area (Å²) in [5, 5.41) is 16.5. The summed E-state index contributed by atoms with van der Waals surface area (Å²) in [6, 6.07) is -0.643. The van der Waals surface area contributed by atoms with Crippen LogP contribution in [0.5, 0.6) is 0 Å². The number of hydrazine groups is 1. The second-order valence-corrected chi connectivity index (χ2v) is 7.95. The Morgan fingerprint density at radius 1 is 1.44 bits per heavy atom. The summed E-state index contributed by atoms with van der Waals surface area (Å²) in [6.45, 7) is 0.437. The molecule has 27 heavy (non-hydrogen) atoms. The summed E-state index contributed by atoms with van der Waals surface area (Å²) >= 11 is 1.31. The molecule has 3 N–H and O–H groups in total. The van der Waals surface area contributed by atoms with Gasteiger partial charge in [0.05, 0.1) is 12.5 Å². The molecule has 2 atom stereocenters. The first-order valence-corrected chi connectivity index (χ1v) is 10.1. The number of hydrogen-bond donors (Lipinski definition) is 3. The van der Waals surface area contributed by atoms with Gasteiger partial charge in [-0.05, 0) is 18.8 Å². The Hall–Kier alpha value is -2.04. The van der Waals surface area contributed by atoms with Crippen LogP contribution >= 0.6 is 11.3 Å². The first kappa shape index (κ1) is 19.7. The van der Waals surface area contributed by atoms with Crippen molar-refractivity contribution in [3.63, 3.8) is 0 Å². The maximum absolute atomic E-state index is 13.1. The molecule has 1 aromatic heterocycles. The molecule has 148 valence electrons. The number of nitrogens with zero attached hydrogens (tertiary/aromatic N) is 3. The van der Waals surface area contributed by atoms with Gasteiger partial charge in [-0.15, -0.1) is 11.3 Å². The zero-order chi connectivity index (χ0) is 19.2. The van der Waals surface area contributed by atoms with E-state index in [1.165, 1.54) is 16.3 Å². The van der Waals surface area contributed by atoms with Gasteiger partial charge in [0.25, 0.3) is 5.91 Å². The molecule has 0 spiro atoms. The van der Waals surface area contributed by atoms with E-state index in [1.54, 1.807) is 11.6 Å². The summed E-state index contributed by atoms with van der Waals surface area (Å²) in [7, 11) is 0. The van der Waals surface area contributed by atoms with E-state index in [9.17, 15) is 19.6 Å². The molecule has 1 aliphatic heterocycles. The lowest BCUT2D eigenvalue weighted by Crippen LogP contribution is -2.51. The van der Waals surface area contributed by atoms with E-state index in [2.05, 4.69) is 15.7 Å². The van der Waals surface area contributed by atoms with Gasteiger partial charge in [-0.25, -0.2) is 15.5 Å². The van der Waals surface area contributed by atoms with Crippen molar-refractivity contribution in [3.8, 4) is 0 Å². The zero-order valence-electron chi connectivity index (χ0n) is 15.0. The highest BCUT2D eigenvalue weighted by atomic mass is 32.1. The fourth-order valence-corrected chi connectivity index (χ4v) is 4.41. The average Bonchev–Trinajstić information content (AvgIpc) is 3.42. The van der Waals surface area contributed by atoms with Gasteiger partial charge in [0.2, 0.25) is 12.3 Å². The molecule has 9 nitrogen and oxygen atoms in total. The highest BCUT2D eigenvalue weighted by Gasteiger charge is 2.39. The maximum atomic E-state index is 13.1. The number of nitrogens with one attached hydrogen (secondary N) is 2. The Morgan fingerprint density at radius 2 is 2.22 bits per heavy atom. The number of rotatable bonds is 8. The van der Waals surface area contributed by atoms with E-state index in [0.29, 0.717) is 41.9 Å². The minimum atomic E-state index is -0.643. The number of anilines is 1. The van der Waals surface area contributed by atoms with Gasteiger partial charge >= 0.3 is 0 Å². The first-order chi connectivity index (χ1) is 13.1. The number of thiazole rings is 1. The van der Waals surface area contributed by atoms with Gasteiger partial charge < -0.3 is 5.32 Å². The normalized spacial score (nSPS) is 21.2. The molecular weight excluding hydrogens is 370 g/mol. The molecule has 1 aliphatic carbocycles. The molecule has 2 heterocycles. The summed E-state index contributed by atoms with van der Waals surface area (Å²) in [4.78, 5) is 40.6. The maximum Gasteiger partial charge on any atom is 0.250 e. The number of carbonyl (C=O) groups excluding carboxylic acids is 3. The highest BCUT2D eigenvalue weighted by molar-refractivity contribution is 7.13. The lowest BCUT2D eigenvalue weighted by molar-refractivity contribution is -0.159. The van der Waals surface area contributed by atoms with Gasteiger partial charge in [-0.1, -0.05) is 25.7 Å². The van der Waals surface area contributed by atoms with E-state index in [-0.39, 0.29) is 18.4 Å². The zero-order valence-corrected chi connectivity index (χ0v) is 15.9. The topological polar surface area (TPSA) is 115 Å². The van der Waals surface area contributed by atoms with E-state index < -0.39 is 12.0 Å². The molecule has 2 fully saturated rings. The molecule has 1 aromatic rings. The highest BCUT2D eigenvalue weighted by Crippen LogP contribution is 2.31. The van der Waals surface area contributed by atoms with Crippen LogP contribution in [-0.4, -0.2) is 57.6 Å². The molecule has 3 amide bonds. The quantitative estimate of drug-likeness (QED) is 0.346. The fourth-order valence-electron chi connectivity index (χ4n) is 3.88. The van der Waals surface area contributed by atoms with E-state index in [1.807, 2.05) is 0 Å². The van der Waals surface area contributed by atoms with Crippen LogP contribution in [0.15, 0.2) is 11.6 Å². The van der Waals surface area contributed by atoms with Gasteiger partial charge in [0, 0.05) is 18.1 Å². The van der Waals surface area contributed by atoms with Gasteiger partial charge in [-0.3, -0.25) is 24.6 Å². The molecular formula is C17H25N5O4S. The Bertz CT molecular complexity index is 650. The smallest absolute Gasteiger partial charge is 0.250 e. The van der Waals surface area contributed by atoms with Crippen LogP contribution in [0.25, 0.3) is 0 Å². The molecule has 1 saturated heterocycles. The van der Waals surface area contributed by atoms with Crippen molar-refractivity contribution < 1.29 is 19.6 Å². The number of carbonyl (C=O) groups is 3. The number of hydrogen-bond acceptors (Lipinski definition) is 7. The third-order valence-electron chi connectivity index (χ3n) is 5.19. The van der Waals surface area contributed by atoms with Crippen molar-refractivity contribution >= 4 is 34.7 Å². The van der Waals surface area contributed by atoms with E-state index in [4.69, 9.17) is 0 Å². The van der Waals surface area contributed by atoms with Crippen molar-refractivity contribution in [2.24, 2.45) is 11.8 Å². The average molecular weight is 395 g/mol. The van der Waals surface area contributed by atoms with Gasteiger partial charge in [-0.2, -0.15) is 0 Å². The van der Waals surface area contributed by atoms with Crippen LogP contribution in [-0.2, 0) is 14.4 Å². The summed E-state index contributed by atoms with van der Waals surface area (Å²) in [6.07, 6.45) is 7.39. The number of aromatic nitrogens is 1. The summed E-state index contributed by atoms with van der Waals surface area (Å²) in [5.41, 5.74) is 2.98. The molecule has 1 saturated carbocycles. The lowest BCUT2D eigenvalue weighted by Gasteiger charge is -2.29. The molecule has 3 rings (SSSR count). The Balaban J connectivity index is 1.68. The second-order valence-electron chi connectivity index (χ2n) is 7.06. The summed E-state index contributed by atoms with van der Waals surface area (Å²) in [5.74, 6) is -0.702. The molecule has 10 heteroatoms. The van der Waals surface area contributed by atoms with Crippen molar-refractivity contribution in [2.45, 2.75) is 44.6 Å². The minimum Gasteiger partial charge on any atom is -0.300 e. The predicted octanol–water partition coefficient (Wildman–Crippen LogP) is 1.23. The van der Waals surface area contributed by atoms with Crippen LogP contribution in [0.3, 0.4) is 0 Å². The molecule has 2 unspecified atom stereocenters. The standard InChI is InChI=1S/C17H25N5O4S/c23-11-21(26)10-13(9-12-3-1-2-4-12)16(25)22-14(5-6-19-22)15(24)20-17-18-7-8-27-17/h7-8,11-14,19,26H,1-6,9-10H2,(H,18,20,24). The SMILES string of the molecule is O=CN(O)CC(CC1CCCC1)C(=O)N1NCCC1C(=O)Nc1nccs1. The first-order valence-electron chi connectivity index (χ1n) is 9.26. The van der Waals surface area contributed by atoms with E-state index in [0.717, 1.165) is 25.7 Å². The monoisotopic (exact) mass is 395 g/mol. The van der Waals surface area contributed by atoms with Gasteiger partial charge in [0.1, 0.15) is 6.04 Å². The van der Waals surface area contributed by atoms with Crippen molar-refractivity contribution in [2.75, 3.05) is 18.4 Å². The Morgan fingerprint density at radius 3 is 2.89 bits per heavy atom. The van der Waals surface area contributed by atoms with Crippen LogP contribution in [0.4, 0.5) is 5.13 Å². The van der Waals surface area contributed by atoms with Crippen molar-refractivity contribution in [3.05, 3.63) is 11.6 Å². The van der Waals surface area contributed by atoms with Crippen LogP contribution in [0.2, 0.25) is 0 Å². The third-order valence-corrected chi connectivity index (χ3v) is 5.87. The van der Waals surface area contributed by atoms with Crippen LogP contribution < -0.4 is 10.7 Å². The molecule has 0 bridgehead atoms. The minimum absolute atomic E-state index is 0.0716. The number of hydroxylamine groups is 2. The Kier molecular flexibility index (Phi) is 6.75. The molecule has 2 aliphatic rings. The molecule has 0 aromatic carbocycles. The third kappa shape index (κ3) is 5.02.